The SMILES string of the molecule is CC(=O)N[C@H]1CC[C@]2(C)[C@H]3CC[C@]4(C)[C@@H]([C@H](C)CCCC(C)C)CC[C@H]4[C@@H]3C[C@@H](NCCc3c[nH]cn3)[C@@]2(O)C1. The summed E-state index contributed by atoms with van der Waals surface area (Å²) in [7, 11) is 0. The van der Waals surface area contributed by atoms with Crippen molar-refractivity contribution in [1.82, 2.24) is 20.6 Å². The number of aromatic amines is 1. The van der Waals surface area contributed by atoms with Crippen LogP contribution in [0.15, 0.2) is 12.5 Å². The molecule has 4 aliphatic carbocycles. The first-order chi connectivity index (χ1) is 19.0. The van der Waals surface area contributed by atoms with E-state index in [4.69, 9.17) is 0 Å². The van der Waals surface area contributed by atoms with E-state index >= 15 is 0 Å². The third-order valence-electron chi connectivity index (χ3n) is 12.8. The van der Waals surface area contributed by atoms with Crippen molar-refractivity contribution in [3.05, 3.63) is 18.2 Å². The zero-order valence-electron chi connectivity index (χ0n) is 26.3. The van der Waals surface area contributed by atoms with Crippen molar-refractivity contribution < 1.29 is 9.90 Å². The zero-order chi connectivity index (χ0) is 28.7. The summed E-state index contributed by atoms with van der Waals surface area (Å²) in [5.41, 5.74) is 0.543. The number of aromatic nitrogens is 2. The van der Waals surface area contributed by atoms with Gasteiger partial charge < -0.3 is 20.7 Å². The summed E-state index contributed by atoms with van der Waals surface area (Å²) in [5, 5.41) is 19.8. The topological polar surface area (TPSA) is 90.0 Å². The number of carbonyl (C=O) groups is 1. The number of rotatable bonds is 10. The van der Waals surface area contributed by atoms with Crippen LogP contribution in [-0.4, -0.2) is 45.2 Å². The quantitative estimate of drug-likeness (QED) is 0.275. The average Bonchev–Trinajstić information content (AvgIpc) is 3.52. The van der Waals surface area contributed by atoms with Gasteiger partial charge in [-0.15, -0.1) is 0 Å². The van der Waals surface area contributed by atoms with Crippen molar-refractivity contribution in [3.8, 4) is 0 Å². The number of H-pyrrole nitrogens is 1. The van der Waals surface area contributed by atoms with Crippen LogP contribution in [0.25, 0.3) is 0 Å². The Morgan fingerprint density at radius 3 is 2.62 bits per heavy atom. The van der Waals surface area contributed by atoms with Crippen LogP contribution in [0.2, 0.25) is 0 Å². The van der Waals surface area contributed by atoms with Crippen molar-refractivity contribution in [2.24, 2.45) is 46.3 Å². The van der Waals surface area contributed by atoms with E-state index in [9.17, 15) is 9.90 Å². The highest BCUT2D eigenvalue weighted by Gasteiger charge is 2.67. The number of hydrogen-bond acceptors (Lipinski definition) is 4. The van der Waals surface area contributed by atoms with E-state index in [1.165, 1.54) is 44.9 Å². The second kappa shape index (κ2) is 11.7. The first-order valence-corrected chi connectivity index (χ1v) is 16.7. The van der Waals surface area contributed by atoms with Crippen LogP contribution >= 0.6 is 0 Å². The Bertz CT molecular complexity index is 996. The molecule has 4 saturated carbocycles. The molecule has 0 aromatic carbocycles. The predicted molar refractivity (Wildman–Crippen MR) is 162 cm³/mol. The number of nitrogens with one attached hydrogen (secondary N) is 3. The van der Waals surface area contributed by atoms with Crippen molar-refractivity contribution in [1.29, 1.82) is 0 Å². The summed E-state index contributed by atoms with van der Waals surface area (Å²) in [6.07, 6.45) is 17.6. The first-order valence-electron chi connectivity index (χ1n) is 16.7. The summed E-state index contributed by atoms with van der Waals surface area (Å²) in [5.74, 6) is 4.44. The summed E-state index contributed by atoms with van der Waals surface area (Å²) in [6, 6.07) is 0.0956. The highest BCUT2D eigenvalue weighted by atomic mass is 16.3. The second-order valence-electron chi connectivity index (χ2n) is 15.4. The minimum Gasteiger partial charge on any atom is -0.388 e. The van der Waals surface area contributed by atoms with Gasteiger partial charge in [-0.1, -0.05) is 53.9 Å². The molecular weight excluding hydrogens is 496 g/mol. The number of hydrogen-bond donors (Lipinski definition) is 4. The molecule has 1 aromatic rings. The third kappa shape index (κ3) is 5.41. The van der Waals surface area contributed by atoms with Crippen LogP contribution in [0, 0.1) is 46.3 Å². The summed E-state index contributed by atoms with van der Waals surface area (Å²) >= 11 is 0. The van der Waals surface area contributed by atoms with Crippen LogP contribution in [0.4, 0.5) is 0 Å². The largest absolute Gasteiger partial charge is 0.388 e. The van der Waals surface area contributed by atoms with Crippen molar-refractivity contribution in [2.75, 3.05) is 6.54 Å². The molecule has 0 aliphatic heterocycles. The molecule has 4 aliphatic rings. The minimum absolute atomic E-state index is 0.0156. The smallest absolute Gasteiger partial charge is 0.217 e. The molecule has 5 rings (SSSR count). The molecule has 1 aromatic heterocycles. The van der Waals surface area contributed by atoms with Gasteiger partial charge in [0.05, 0.1) is 17.6 Å². The first kappa shape index (κ1) is 30.1. The molecule has 6 heteroatoms. The fourth-order valence-electron chi connectivity index (χ4n) is 10.8. The molecule has 0 saturated heterocycles. The van der Waals surface area contributed by atoms with Gasteiger partial charge in [-0.2, -0.15) is 0 Å². The Kier molecular flexibility index (Phi) is 8.80. The van der Waals surface area contributed by atoms with Crippen LogP contribution in [-0.2, 0) is 11.2 Å². The number of imidazole rings is 1. The maximum absolute atomic E-state index is 12.7. The number of aliphatic hydroxyl groups is 1. The van der Waals surface area contributed by atoms with Gasteiger partial charge in [0.15, 0.2) is 0 Å². The Labute approximate surface area is 243 Å². The molecule has 40 heavy (non-hydrogen) atoms. The molecule has 226 valence electrons. The van der Waals surface area contributed by atoms with E-state index in [0.29, 0.717) is 23.7 Å². The van der Waals surface area contributed by atoms with E-state index in [1.807, 2.05) is 6.20 Å². The second-order valence-corrected chi connectivity index (χ2v) is 15.4. The van der Waals surface area contributed by atoms with Crippen LogP contribution in [0.1, 0.15) is 118 Å². The molecular formula is C34H58N4O2. The van der Waals surface area contributed by atoms with Gasteiger partial charge >= 0.3 is 0 Å². The van der Waals surface area contributed by atoms with Gasteiger partial charge in [0.25, 0.3) is 0 Å². The molecule has 1 heterocycles. The van der Waals surface area contributed by atoms with E-state index in [1.54, 1.807) is 13.3 Å². The molecule has 4 N–H and O–H groups in total. The minimum atomic E-state index is -0.818. The lowest BCUT2D eigenvalue weighted by Crippen LogP contribution is -2.72. The van der Waals surface area contributed by atoms with Gasteiger partial charge in [-0.25, -0.2) is 4.98 Å². The van der Waals surface area contributed by atoms with E-state index in [2.05, 4.69) is 55.2 Å². The fraction of sp³-hybridized carbons (Fsp3) is 0.882. The van der Waals surface area contributed by atoms with Gasteiger partial charge in [-0.3, -0.25) is 4.79 Å². The molecule has 6 nitrogen and oxygen atoms in total. The lowest BCUT2D eigenvalue weighted by Gasteiger charge is -2.66. The Morgan fingerprint density at radius 1 is 1.12 bits per heavy atom. The predicted octanol–water partition coefficient (Wildman–Crippen LogP) is 6.26. The maximum Gasteiger partial charge on any atom is 0.217 e. The fourth-order valence-corrected chi connectivity index (χ4v) is 10.8. The highest BCUT2D eigenvalue weighted by Crippen LogP contribution is 2.69. The summed E-state index contributed by atoms with van der Waals surface area (Å²) < 4.78 is 0. The monoisotopic (exact) mass is 554 g/mol. The average molecular weight is 555 g/mol. The Hall–Kier alpha value is -1.40. The molecule has 0 radical (unpaired) electrons. The molecule has 0 spiro atoms. The van der Waals surface area contributed by atoms with E-state index in [-0.39, 0.29) is 23.4 Å². The van der Waals surface area contributed by atoms with Crippen molar-refractivity contribution in [3.63, 3.8) is 0 Å². The summed E-state index contributed by atoms with van der Waals surface area (Å²) in [6.45, 7) is 14.7. The van der Waals surface area contributed by atoms with Gasteiger partial charge in [0, 0.05) is 43.6 Å². The lowest BCUT2D eigenvalue weighted by molar-refractivity contribution is -0.223. The number of fused-ring (bicyclic) bond motifs is 5. The zero-order valence-corrected chi connectivity index (χ0v) is 26.3. The van der Waals surface area contributed by atoms with Crippen molar-refractivity contribution >= 4 is 5.91 Å². The van der Waals surface area contributed by atoms with Crippen LogP contribution in [0.5, 0.6) is 0 Å². The van der Waals surface area contributed by atoms with Gasteiger partial charge in [-0.05, 0) is 92.3 Å². The van der Waals surface area contributed by atoms with Crippen molar-refractivity contribution in [2.45, 2.75) is 136 Å². The van der Waals surface area contributed by atoms with Gasteiger partial charge in [0.2, 0.25) is 5.91 Å². The van der Waals surface area contributed by atoms with E-state index in [0.717, 1.165) is 61.6 Å². The number of amides is 1. The lowest BCUT2D eigenvalue weighted by atomic mass is 9.41. The number of carbonyl (C=O) groups excluding carboxylic acids is 1. The van der Waals surface area contributed by atoms with Crippen LogP contribution < -0.4 is 10.6 Å². The van der Waals surface area contributed by atoms with Gasteiger partial charge in [0.1, 0.15) is 0 Å². The Morgan fingerprint density at radius 2 is 1.93 bits per heavy atom. The normalized spacial score (nSPS) is 41.7. The third-order valence-corrected chi connectivity index (χ3v) is 12.8. The highest BCUT2D eigenvalue weighted by molar-refractivity contribution is 5.73. The molecule has 0 unspecified atom stereocenters. The molecule has 4 fully saturated rings. The summed E-state index contributed by atoms with van der Waals surface area (Å²) in [4.78, 5) is 19.5. The molecule has 1 amide bonds. The Balaban J connectivity index is 1.37. The number of nitrogens with zero attached hydrogens (tertiary/aromatic N) is 1. The molecule has 10 atom stereocenters. The van der Waals surface area contributed by atoms with Crippen LogP contribution in [0.3, 0.4) is 0 Å². The van der Waals surface area contributed by atoms with E-state index < -0.39 is 5.60 Å². The standard InChI is InChI=1S/C34H58N4O2/c1-22(2)8-7-9-23(3)28-10-11-29-27-18-31(36-17-14-26-20-35-21-37-26)34(40)19-25(38-24(4)39)12-16-33(34,6)30(27)13-15-32(28,29)5/h20-23,25,27-31,36,40H,7-19H2,1-6H3,(H,35,37)(H,38,39)/t23-,25+,27+,28-,29+,30+,31-,32-,33-,34+/m1/s1. The molecule has 0 bridgehead atoms. The maximum atomic E-state index is 12.7.